The number of hydrogen-bond donors (Lipinski definition) is 0. The molecule has 105 heavy (non-hydrogen) atoms. The molecule has 23 aromatic rings. The SMILES string of the molecule is c1ccc2cc(-c3c4ccccc4c(-c4ccc(-c5cc6c7cccc(-c8ccc9ccc(-c%10c%11ccccc%11c(-c%11ccc%12oc%13ccc(-c%14cc%15c%16ccccc%16oc%15c%15ccccc%14%15)cc%13c%12c%11)c%11ccccc%10%11)cc9c8)c7oc6c6ccccc56)c5ccccc45)c4ccccc34)ccc2c1. The van der Waals surface area contributed by atoms with Crippen molar-refractivity contribution in [2.75, 3.05) is 0 Å². The van der Waals surface area contributed by atoms with Gasteiger partial charge in [-0.25, -0.2) is 0 Å². The van der Waals surface area contributed by atoms with E-state index in [9.17, 15) is 0 Å². The van der Waals surface area contributed by atoms with Crippen molar-refractivity contribution in [2.24, 2.45) is 0 Å². The molecule has 0 aliphatic carbocycles. The van der Waals surface area contributed by atoms with Gasteiger partial charge in [0.25, 0.3) is 0 Å². The fourth-order valence-corrected chi connectivity index (χ4v) is 18.1. The average Bonchev–Trinajstić information content (AvgIpc) is 1.41. The normalized spacial score (nSPS) is 12.2. The van der Waals surface area contributed by atoms with E-state index in [1.165, 1.54) is 115 Å². The van der Waals surface area contributed by atoms with Gasteiger partial charge in [-0.3, -0.25) is 0 Å². The smallest absolute Gasteiger partial charge is 0.143 e. The zero-order chi connectivity index (χ0) is 68.5. The van der Waals surface area contributed by atoms with Crippen molar-refractivity contribution in [1.82, 2.24) is 0 Å². The molecule has 0 unspecified atom stereocenters. The first-order valence-electron chi connectivity index (χ1n) is 36.2. The maximum absolute atomic E-state index is 7.29. The van der Waals surface area contributed by atoms with E-state index in [0.29, 0.717) is 0 Å². The molecule has 23 rings (SSSR count). The number of rotatable bonds is 7. The van der Waals surface area contributed by atoms with Crippen LogP contribution in [0.15, 0.2) is 365 Å². The lowest BCUT2D eigenvalue weighted by atomic mass is 9.83. The van der Waals surface area contributed by atoms with Crippen LogP contribution in [0.4, 0.5) is 0 Å². The minimum absolute atomic E-state index is 0.859. The predicted octanol–water partition coefficient (Wildman–Crippen LogP) is 29.4. The van der Waals surface area contributed by atoms with Crippen molar-refractivity contribution in [3.05, 3.63) is 352 Å². The summed E-state index contributed by atoms with van der Waals surface area (Å²) in [6, 6.07) is 130. The highest BCUT2D eigenvalue weighted by Gasteiger charge is 2.25. The van der Waals surface area contributed by atoms with Gasteiger partial charge in [-0.05, 0) is 219 Å². The lowest BCUT2D eigenvalue weighted by Crippen LogP contribution is -1.93. The van der Waals surface area contributed by atoms with Crippen LogP contribution in [0.1, 0.15) is 0 Å². The van der Waals surface area contributed by atoms with E-state index in [0.717, 1.165) is 126 Å². The van der Waals surface area contributed by atoms with E-state index in [4.69, 9.17) is 13.3 Å². The standard InChI is InChI=1S/C102H58O3/c1-2-21-61-52-64(44-41-59(61)20-1)96-79-31-11-13-33-81(79)99(82-34-14-12-32-80(82)96)83-49-48-73(69-22-3-4-23-70(69)83)88-58-92-86-38-19-37-68(100(86)105-102(92)85-36-16-6-25-72(85)88)62-43-40-60-42-45-65(54-67(60)53-62)97-75-27-7-9-29-77(75)98(78-30-10-8-28-76(78)97)66-47-51-95-90(56-66)89-55-63(46-50-94(89)103-95)87-57-91-74-26-17-18-39-93(74)104-101(91)84-35-15-5-24-71(84)87/h1-58H. The molecule has 0 aliphatic heterocycles. The molecular formula is C102H58O3. The highest BCUT2D eigenvalue weighted by atomic mass is 16.3. The fraction of sp³-hybridized carbons (Fsp3) is 0. The van der Waals surface area contributed by atoms with E-state index in [1.54, 1.807) is 0 Å². The summed E-state index contributed by atoms with van der Waals surface area (Å²) in [5, 5.41) is 28.0. The van der Waals surface area contributed by atoms with Gasteiger partial charge in [-0.2, -0.15) is 0 Å². The molecule has 3 aromatic heterocycles. The molecule has 0 radical (unpaired) electrons. The summed E-state index contributed by atoms with van der Waals surface area (Å²) in [4.78, 5) is 0. The van der Waals surface area contributed by atoms with Gasteiger partial charge in [0.1, 0.15) is 33.5 Å². The first kappa shape index (κ1) is 57.9. The van der Waals surface area contributed by atoms with E-state index in [2.05, 4.69) is 346 Å². The van der Waals surface area contributed by atoms with Crippen LogP contribution in [0.25, 0.3) is 241 Å². The minimum atomic E-state index is 0.859. The van der Waals surface area contributed by atoms with Crippen molar-refractivity contribution in [3.8, 4) is 77.9 Å². The van der Waals surface area contributed by atoms with Crippen LogP contribution in [-0.4, -0.2) is 0 Å². The van der Waals surface area contributed by atoms with Crippen molar-refractivity contribution < 1.29 is 13.3 Å². The van der Waals surface area contributed by atoms with E-state index < -0.39 is 0 Å². The van der Waals surface area contributed by atoms with E-state index >= 15 is 0 Å². The van der Waals surface area contributed by atoms with Crippen molar-refractivity contribution >= 4 is 163 Å². The second kappa shape index (κ2) is 22.3. The van der Waals surface area contributed by atoms with Gasteiger partial charge in [-0.1, -0.05) is 291 Å². The van der Waals surface area contributed by atoms with Gasteiger partial charge in [0.05, 0.1) is 0 Å². The van der Waals surface area contributed by atoms with Crippen LogP contribution in [0, 0.1) is 0 Å². The summed E-state index contributed by atoms with van der Waals surface area (Å²) in [7, 11) is 0. The summed E-state index contributed by atoms with van der Waals surface area (Å²) in [6.07, 6.45) is 0. The van der Waals surface area contributed by atoms with E-state index in [-0.39, 0.29) is 0 Å². The predicted molar refractivity (Wildman–Crippen MR) is 444 cm³/mol. The van der Waals surface area contributed by atoms with Crippen LogP contribution in [-0.2, 0) is 0 Å². The number of hydrogen-bond acceptors (Lipinski definition) is 3. The van der Waals surface area contributed by atoms with Crippen molar-refractivity contribution in [2.45, 2.75) is 0 Å². The van der Waals surface area contributed by atoms with Crippen molar-refractivity contribution in [1.29, 1.82) is 0 Å². The number of benzene rings is 20. The molecule has 20 aromatic carbocycles. The molecule has 0 atom stereocenters. The summed E-state index contributed by atoms with van der Waals surface area (Å²) in [5.74, 6) is 0. The van der Waals surface area contributed by atoms with Gasteiger partial charge < -0.3 is 13.3 Å². The highest BCUT2D eigenvalue weighted by Crippen LogP contribution is 2.52. The maximum Gasteiger partial charge on any atom is 0.143 e. The van der Waals surface area contributed by atoms with Crippen molar-refractivity contribution in [3.63, 3.8) is 0 Å². The molecule has 0 aliphatic rings. The second-order valence-electron chi connectivity index (χ2n) is 28.3. The van der Waals surface area contributed by atoms with Gasteiger partial charge in [0, 0.05) is 48.7 Å². The Morgan fingerprint density at radius 3 is 1.09 bits per heavy atom. The maximum atomic E-state index is 7.29. The van der Waals surface area contributed by atoms with Gasteiger partial charge >= 0.3 is 0 Å². The molecule has 3 heterocycles. The zero-order valence-electron chi connectivity index (χ0n) is 56.7. The number of furan rings is 3. The highest BCUT2D eigenvalue weighted by molar-refractivity contribution is 6.28. The monoisotopic (exact) mass is 1330 g/mol. The third-order valence-corrected chi connectivity index (χ3v) is 22.8. The lowest BCUT2D eigenvalue weighted by molar-refractivity contribution is 0.669. The summed E-state index contributed by atoms with van der Waals surface area (Å²) in [5.41, 5.74) is 21.8. The third-order valence-electron chi connectivity index (χ3n) is 22.8. The Kier molecular flexibility index (Phi) is 12.3. The molecule has 0 spiro atoms. The molecule has 3 heteroatoms. The summed E-state index contributed by atoms with van der Waals surface area (Å²) in [6.45, 7) is 0. The number of fused-ring (bicyclic) bond motifs is 20. The quantitative estimate of drug-likeness (QED) is 0.149. The molecule has 0 saturated heterocycles. The Morgan fingerprint density at radius 2 is 0.486 bits per heavy atom. The lowest BCUT2D eigenvalue weighted by Gasteiger charge is -2.20. The summed E-state index contributed by atoms with van der Waals surface area (Å²) >= 11 is 0. The van der Waals surface area contributed by atoms with Gasteiger partial charge in [0.2, 0.25) is 0 Å². The Labute approximate surface area is 601 Å². The molecule has 0 fully saturated rings. The first-order valence-corrected chi connectivity index (χ1v) is 36.2. The van der Waals surface area contributed by atoms with Crippen LogP contribution in [0.3, 0.4) is 0 Å². The Morgan fingerprint density at radius 1 is 0.133 bits per heavy atom. The minimum Gasteiger partial charge on any atom is -0.456 e. The molecule has 0 N–H and O–H groups in total. The average molecular weight is 1330 g/mol. The molecule has 3 nitrogen and oxygen atoms in total. The number of para-hydroxylation sites is 2. The fourth-order valence-electron chi connectivity index (χ4n) is 18.1. The van der Waals surface area contributed by atoms with Crippen LogP contribution < -0.4 is 0 Å². The van der Waals surface area contributed by atoms with Crippen LogP contribution in [0.5, 0.6) is 0 Å². The molecule has 0 amide bonds. The largest absolute Gasteiger partial charge is 0.456 e. The summed E-state index contributed by atoms with van der Waals surface area (Å²) < 4.78 is 20.5. The van der Waals surface area contributed by atoms with Crippen LogP contribution in [0.2, 0.25) is 0 Å². The Balaban J connectivity index is 0.635. The third kappa shape index (κ3) is 8.61. The van der Waals surface area contributed by atoms with Gasteiger partial charge in [-0.15, -0.1) is 0 Å². The topological polar surface area (TPSA) is 39.4 Å². The molecule has 0 saturated carbocycles. The molecule has 484 valence electrons. The zero-order valence-corrected chi connectivity index (χ0v) is 56.7. The second-order valence-corrected chi connectivity index (χ2v) is 28.3. The molecular weight excluding hydrogens is 1270 g/mol. The Hall–Kier alpha value is -13.9. The molecule has 0 bridgehead atoms. The van der Waals surface area contributed by atoms with Crippen LogP contribution >= 0.6 is 0 Å². The van der Waals surface area contributed by atoms with Gasteiger partial charge in [0.15, 0.2) is 0 Å². The Bertz CT molecular complexity index is 7610. The van der Waals surface area contributed by atoms with E-state index in [1.807, 2.05) is 6.07 Å². The first-order chi connectivity index (χ1) is 52.1.